The standard InChI is InChI=1S/C20H12O4S2/c21-15-9-5-1-3-7-11(9)25-19(15)13-17(23)14(18(13)24)20-16(22)10-6-2-4-8-12(10)26-20/h1-8,13,21-23H. The molecule has 1 unspecified atom stereocenters. The monoisotopic (exact) mass is 380 g/mol. The summed E-state index contributed by atoms with van der Waals surface area (Å²) in [6.45, 7) is 0. The molecule has 1 atom stereocenters. The molecular formula is C20H12O4S2. The molecule has 0 bridgehead atoms. The van der Waals surface area contributed by atoms with Gasteiger partial charge >= 0.3 is 0 Å². The number of hydrogen-bond donors (Lipinski definition) is 3. The van der Waals surface area contributed by atoms with E-state index >= 15 is 0 Å². The van der Waals surface area contributed by atoms with Crippen LogP contribution >= 0.6 is 22.7 Å². The van der Waals surface area contributed by atoms with E-state index in [9.17, 15) is 20.1 Å². The summed E-state index contributed by atoms with van der Waals surface area (Å²) in [5.41, 5.74) is 0.144. The number of hydrogen-bond acceptors (Lipinski definition) is 6. The van der Waals surface area contributed by atoms with Gasteiger partial charge in [-0.15, -0.1) is 22.7 Å². The van der Waals surface area contributed by atoms with Crippen LogP contribution in [0.2, 0.25) is 0 Å². The Morgan fingerprint density at radius 3 is 1.92 bits per heavy atom. The average Bonchev–Trinajstić information content (AvgIpc) is 3.14. The number of carbonyl (C=O) groups excluding carboxylic acids is 1. The normalized spacial score (nSPS) is 17.2. The topological polar surface area (TPSA) is 77.8 Å². The van der Waals surface area contributed by atoms with Crippen LogP contribution in [0.25, 0.3) is 25.7 Å². The molecule has 0 saturated carbocycles. The molecule has 0 fully saturated rings. The Hall–Kier alpha value is -2.83. The van der Waals surface area contributed by atoms with Gasteiger partial charge in [-0.2, -0.15) is 0 Å². The smallest absolute Gasteiger partial charge is 0.183 e. The number of thiophene rings is 2. The molecule has 0 saturated heterocycles. The molecule has 26 heavy (non-hydrogen) atoms. The van der Waals surface area contributed by atoms with Crippen molar-refractivity contribution in [3.63, 3.8) is 0 Å². The minimum absolute atomic E-state index is 0.0134. The molecule has 3 N–H and O–H groups in total. The van der Waals surface area contributed by atoms with Crippen molar-refractivity contribution in [2.24, 2.45) is 0 Å². The van der Waals surface area contributed by atoms with Crippen LogP contribution in [0.5, 0.6) is 11.5 Å². The van der Waals surface area contributed by atoms with Crippen LogP contribution < -0.4 is 0 Å². The molecule has 1 aliphatic rings. The molecule has 6 heteroatoms. The van der Waals surface area contributed by atoms with Gasteiger partial charge in [0.1, 0.15) is 23.2 Å². The molecule has 2 heterocycles. The Morgan fingerprint density at radius 2 is 1.35 bits per heavy atom. The van der Waals surface area contributed by atoms with Crippen molar-refractivity contribution < 1.29 is 20.1 Å². The van der Waals surface area contributed by atoms with Gasteiger partial charge in [-0.25, -0.2) is 0 Å². The number of aliphatic hydroxyl groups is 1. The number of rotatable bonds is 2. The summed E-state index contributed by atoms with van der Waals surface area (Å²) < 4.78 is 1.71. The van der Waals surface area contributed by atoms with E-state index in [2.05, 4.69) is 0 Å². The van der Waals surface area contributed by atoms with E-state index in [0.717, 1.165) is 9.40 Å². The Morgan fingerprint density at radius 1 is 0.769 bits per heavy atom. The minimum atomic E-state index is -0.869. The van der Waals surface area contributed by atoms with Crippen LogP contribution in [0.1, 0.15) is 15.7 Å². The number of Topliss-reactive ketones (excluding diaryl/α,β-unsaturated/α-hetero) is 1. The third-order valence-corrected chi connectivity index (χ3v) is 7.09. The molecule has 128 valence electrons. The Kier molecular flexibility index (Phi) is 3.16. The highest BCUT2D eigenvalue weighted by Gasteiger charge is 2.45. The van der Waals surface area contributed by atoms with Gasteiger partial charge in [0.15, 0.2) is 5.78 Å². The molecular weight excluding hydrogens is 368 g/mol. The first-order valence-corrected chi connectivity index (χ1v) is 9.60. The lowest BCUT2D eigenvalue weighted by atomic mass is 9.80. The summed E-state index contributed by atoms with van der Waals surface area (Å²) in [7, 11) is 0. The number of carbonyl (C=O) groups is 1. The van der Waals surface area contributed by atoms with Gasteiger partial charge < -0.3 is 15.3 Å². The van der Waals surface area contributed by atoms with Gasteiger partial charge in [0, 0.05) is 20.2 Å². The van der Waals surface area contributed by atoms with E-state index in [4.69, 9.17) is 0 Å². The van der Waals surface area contributed by atoms with Gasteiger partial charge in [-0.3, -0.25) is 4.79 Å². The molecule has 5 rings (SSSR count). The predicted molar refractivity (Wildman–Crippen MR) is 104 cm³/mol. The predicted octanol–water partition coefficient (Wildman–Crippen LogP) is 5.16. The van der Waals surface area contributed by atoms with Crippen molar-refractivity contribution >= 4 is 54.2 Å². The molecule has 2 aromatic carbocycles. The van der Waals surface area contributed by atoms with Crippen molar-refractivity contribution in [2.75, 3.05) is 0 Å². The average molecular weight is 380 g/mol. The minimum Gasteiger partial charge on any atom is -0.510 e. The molecule has 4 aromatic rings. The third kappa shape index (κ3) is 1.91. The van der Waals surface area contributed by atoms with Crippen molar-refractivity contribution in [1.29, 1.82) is 0 Å². The molecule has 2 aromatic heterocycles. The Bertz CT molecular complexity index is 1250. The first kappa shape index (κ1) is 15.4. The first-order valence-electron chi connectivity index (χ1n) is 7.96. The number of benzene rings is 2. The second kappa shape index (κ2) is 5.33. The van der Waals surface area contributed by atoms with Crippen molar-refractivity contribution in [3.05, 3.63) is 64.0 Å². The highest BCUT2D eigenvalue weighted by molar-refractivity contribution is 7.21. The van der Waals surface area contributed by atoms with Crippen molar-refractivity contribution in [1.82, 2.24) is 0 Å². The summed E-state index contributed by atoms with van der Waals surface area (Å²) in [4.78, 5) is 13.6. The fourth-order valence-corrected chi connectivity index (χ4v) is 5.74. The van der Waals surface area contributed by atoms with Crippen LogP contribution in [-0.4, -0.2) is 21.1 Å². The second-order valence-corrected chi connectivity index (χ2v) is 8.28. The van der Waals surface area contributed by atoms with Crippen LogP contribution in [-0.2, 0) is 4.79 Å². The van der Waals surface area contributed by atoms with Crippen molar-refractivity contribution in [2.45, 2.75) is 5.92 Å². The van der Waals surface area contributed by atoms with Crippen LogP contribution in [0.4, 0.5) is 0 Å². The molecule has 4 nitrogen and oxygen atoms in total. The van der Waals surface area contributed by atoms with Crippen LogP contribution in [0.3, 0.4) is 0 Å². The lowest BCUT2D eigenvalue weighted by Crippen LogP contribution is -2.27. The van der Waals surface area contributed by atoms with Gasteiger partial charge in [-0.05, 0) is 24.3 Å². The van der Waals surface area contributed by atoms with Gasteiger partial charge in [0.05, 0.1) is 15.3 Å². The maximum absolute atomic E-state index is 12.8. The van der Waals surface area contributed by atoms with E-state index in [1.54, 1.807) is 12.1 Å². The van der Waals surface area contributed by atoms with E-state index in [1.165, 1.54) is 22.7 Å². The number of fused-ring (bicyclic) bond motifs is 2. The number of aromatic hydroxyl groups is 2. The summed E-state index contributed by atoms with van der Waals surface area (Å²) in [6.07, 6.45) is 0. The summed E-state index contributed by atoms with van der Waals surface area (Å²) in [5.74, 6) is -1.20. The van der Waals surface area contributed by atoms with Crippen LogP contribution in [0.15, 0.2) is 54.3 Å². The quantitative estimate of drug-likeness (QED) is 0.449. The molecule has 0 spiro atoms. The first-order chi connectivity index (χ1) is 12.6. The zero-order valence-corrected chi connectivity index (χ0v) is 14.9. The van der Waals surface area contributed by atoms with Crippen molar-refractivity contribution in [3.8, 4) is 11.5 Å². The van der Waals surface area contributed by atoms with E-state index in [-0.39, 0.29) is 28.6 Å². The highest BCUT2D eigenvalue weighted by atomic mass is 32.1. The van der Waals surface area contributed by atoms with E-state index in [0.29, 0.717) is 20.5 Å². The van der Waals surface area contributed by atoms with E-state index < -0.39 is 5.92 Å². The fraction of sp³-hybridized carbons (Fsp3) is 0.0500. The third-order valence-electron chi connectivity index (χ3n) is 4.69. The zero-order chi connectivity index (χ0) is 18.0. The van der Waals surface area contributed by atoms with E-state index in [1.807, 2.05) is 36.4 Å². The molecule has 0 aliphatic heterocycles. The summed E-state index contributed by atoms with van der Waals surface area (Å²) in [5, 5.41) is 32.8. The lowest BCUT2D eigenvalue weighted by molar-refractivity contribution is -0.116. The Balaban J connectivity index is 1.66. The maximum Gasteiger partial charge on any atom is 0.183 e. The number of aliphatic hydroxyl groups excluding tert-OH is 1. The zero-order valence-electron chi connectivity index (χ0n) is 13.3. The van der Waals surface area contributed by atoms with Gasteiger partial charge in [0.2, 0.25) is 0 Å². The second-order valence-electron chi connectivity index (χ2n) is 6.14. The largest absolute Gasteiger partial charge is 0.510 e. The fourth-order valence-electron chi connectivity index (χ4n) is 3.38. The van der Waals surface area contributed by atoms with Crippen LogP contribution in [0, 0.1) is 0 Å². The number of ketones is 1. The SMILES string of the molecule is O=C1C(c2sc3ccccc3c2O)=C(O)C1c1sc2ccccc2c1O. The summed E-state index contributed by atoms with van der Waals surface area (Å²) >= 11 is 2.57. The lowest BCUT2D eigenvalue weighted by Gasteiger charge is -2.26. The van der Waals surface area contributed by atoms with Gasteiger partial charge in [-0.1, -0.05) is 24.3 Å². The highest BCUT2D eigenvalue weighted by Crippen LogP contribution is 2.54. The molecule has 1 aliphatic carbocycles. The van der Waals surface area contributed by atoms with Gasteiger partial charge in [0.25, 0.3) is 0 Å². The maximum atomic E-state index is 12.8. The summed E-state index contributed by atoms with van der Waals surface area (Å²) in [6, 6.07) is 14.6. The number of allylic oxidation sites excluding steroid dienone is 2. The Labute approximate surface area is 155 Å². The molecule has 0 amide bonds. The molecule has 0 radical (unpaired) electrons.